The SMILES string of the molecule is C=Cn1nnc(NC(=O)C(C)(C)Oc2ccc(Cl)cc2)n1. The molecule has 21 heavy (non-hydrogen) atoms. The Labute approximate surface area is 126 Å². The van der Waals surface area contributed by atoms with Crippen LogP contribution < -0.4 is 10.1 Å². The van der Waals surface area contributed by atoms with Gasteiger partial charge in [-0.2, -0.15) is 0 Å². The number of nitrogens with one attached hydrogen (secondary N) is 1. The molecule has 0 saturated heterocycles. The summed E-state index contributed by atoms with van der Waals surface area (Å²) in [6, 6.07) is 6.73. The molecule has 1 heterocycles. The molecular formula is C13H14ClN5O2. The third-order valence-corrected chi connectivity index (χ3v) is 2.80. The molecule has 1 aromatic carbocycles. The summed E-state index contributed by atoms with van der Waals surface area (Å²) < 4.78 is 5.65. The van der Waals surface area contributed by atoms with Gasteiger partial charge >= 0.3 is 0 Å². The van der Waals surface area contributed by atoms with Crippen molar-refractivity contribution >= 4 is 29.7 Å². The summed E-state index contributed by atoms with van der Waals surface area (Å²) in [7, 11) is 0. The molecule has 1 aromatic heterocycles. The highest BCUT2D eigenvalue weighted by Gasteiger charge is 2.31. The number of carbonyl (C=O) groups excluding carboxylic acids is 1. The number of hydrogen-bond acceptors (Lipinski definition) is 5. The van der Waals surface area contributed by atoms with Crippen molar-refractivity contribution in [1.29, 1.82) is 0 Å². The van der Waals surface area contributed by atoms with Crippen LogP contribution in [0.1, 0.15) is 13.8 Å². The summed E-state index contributed by atoms with van der Waals surface area (Å²) in [4.78, 5) is 13.3. The maximum absolute atomic E-state index is 12.2. The highest BCUT2D eigenvalue weighted by molar-refractivity contribution is 6.30. The number of hydrogen-bond donors (Lipinski definition) is 1. The first-order valence-electron chi connectivity index (χ1n) is 6.09. The zero-order chi connectivity index (χ0) is 15.5. The van der Waals surface area contributed by atoms with Crippen molar-refractivity contribution in [2.45, 2.75) is 19.4 Å². The van der Waals surface area contributed by atoms with Crippen molar-refractivity contribution in [2.75, 3.05) is 5.32 Å². The molecule has 0 bridgehead atoms. The van der Waals surface area contributed by atoms with Crippen molar-refractivity contribution < 1.29 is 9.53 Å². The number of rotatable bonds is 5. The largest absolute Gasteiger partial charge is 0.478 e. The van der Waals surface area contributed by atoms with Crippen LogP contribution in [-0.4, -0.2) is 31.7 Å². The Morgan fingerprint density at radius 3 is 2.67 bits per heavy atom. The number of aromatic nitrogens is 4. The van der Waals surface area contributed by atoms with Crippen molar-refractivity contribution in [1.82, 2.24) is 20.2 Å². The number of halogens is 1. The maximum Gasteiger partial charge on any atom is 0.270 e. The van der Waals surface area contributed by atoms with Crippen LogP contribution in [0.25, 0.3) is 6.20 Å². The quantitative estimate of drug-likeness (QED) is 0.916. The number of ether oxygens (including phenoxy) is 1. The van der Waals surface area contributed by atoms with E-state index >= 15 is 0 Å². The van der Waals surface area contributed by atoms with Crippen molar-refractivity contribution in [3.63, 3.8) is 0 Å². The van der Waals surface area contributed by atoms with E-state index in [2.05, 4.69) is 27.3 Å². The van der Waals surface area contributed by atoms with Gasteiger partial charge in [0, 0.05) is 11.2 Å². The molecule has 0 radical (unpaired) electrons. The Morgan fingerprint density at radius 1 is 1.43 bits per heavy atom. The summed E-state index contributed by atoms with van der Waals surface area (Å²) >= 11 is 5.80. The van der Waals surface area contributed by atoms with Crippen molar-refractivity contribution in [3.05, 3.63) is 35.9 Å². The number of amides is 1. The number of benzene rings is 1. The summed E-state index contributed by atoms with van der Waals surface area (Å²) in [6.07, 6.45) is 1.36. The lowest BCUT2D eigenvalue weighted by Crippen LogP contribution is -2.42. The van der Waals surface area contributed by atoms with Gasteiger partial charge in [-0.1, -0.05) is 23.3 Å². The second kappa shape index (κ2) is 5.92. The van der Waals surface area contributed by atoms with E-state index in [1.54, 1.807) is 38.1 Å². The molecule has 0 aliphatic rings. The summed E-state index contributed by atoms with van der Waals surface area (Å²) in [5.41, 5.74) is -1.12. The number of carbonyl (C=O) groups is 1. The second-order valence-electron chi connectivity index (χ2n) is 4.64. The fraction of sp³-hybridized carbons (Fsp3) is 0.231. The Balaban J connectivity index is 2.05. The van der Waals surface area contributed by atoms with Crippen LogP contribution >= 0.6 is 11.6 Å². The second-order valence-corrected chi connectivity index (χ2v) is 5.07. The van der Waals surface area contributed by atoms with Crippen molar-refractivity contribution in [2.24, 2.45) is 0 Å². The lowest BCUT2D eigenvalue weighted by atomic mass is 10.1. The van der Waals surface area contributed by atoms with Crippen LogP contribution in [0.15, 0.2) is 30.8 Å². The first kappa shape index (κ1) is 15.0. The lowest BCUT2D eigenvalue weighted by Gasteiger charge is -2.24. The minimum absolute atomic E-state index is 0.0766. The summed E-state index contributed by atoms with van der Waals surface area (Å²) in [5.74, 6) is 0.205. The van der Waals surface area contributed by atoms with E-state index in [4.69, 9.17) is 16.3 Å². The minimum atomic E-state index is -1.12. The Morgan fingerprint density at radius 2 is 2.10 bits per heavy atom. The van der Waals surface area contributed by atoms with E-state index in [-0.39, 0.29) is 5.95 Å². The topological polar surface area (TPSA) is 81.9 Å². The zero-order valence-electron chi connectivity index (χ0n) is 11.6. The summed E-state index contributed by atoms with van der Waals surface area (Å²) in [5, 5.41) is 14.3. The van der Waals surface area contributed by atoms with E-state index in [0.29, 0.717) is 10.8 Å². The van der Waals surface area contributed by atoms with Gasteiger partial charge in [-0.3, -0.25) is 10.1 Å². The molecule has 0 unspecified atom stereocenters. The van der Waals surface area contributed by atoms with Gasteiger partial charge in [0.2, 0.25) is 0 Å². The molecule has 2 rings (SSSR count). The highest BCUT2D eigenvalue weighted by Crippen LogP contribution is 2.21. The van der Waals surface area contributed by atoms with Gasteiger partial charge in [-0.25, -0.2) is 0 Å². The minimum Gasteiger partial charge on any atom is -0.478 e. The van der Waals surface area contributed by atoms with E-state index in [9.17, 15) is 4.79 Å². The first-order valence-corrected chi connectivity index (χ1v) is 6.46. The maximum atomic E-state index is 12.2. The third-order valence-electron chi connectivity index (χ3n) is 2.55. The average molecular weight is 308 g/mol. The van der Waals surface area contributed by atoms with Gasteiger partial charge in [-0.15, -0.1) is 9.90 Å². The molecule has 0 fully saturated rings. The fourth-order valence-electron chi connectivity index (χ4n) is 1.45. The van der Waals surface area contributed by atoms with E-state index in [1.807, 2.05) is 0 Å². The standard InChI is InChI=1S/C13H14ClN5O2/c1-4-19-17-12(16-18-19)15-11(20)13(2,3)21-10-7-5-9(14)6-8-10/h4-8H,1H2,2-3H3,(H,15,17,20). The molecule has 0 spiro atoms. The smallest absolute Gasteiger partial charge is 0.270 e. The van der Waals surface area contributed by atoms with Crippen LogP contribution in [0.3, 0.4) is 0 Å². The Kier molecular flexibility index (Phi) is 4.23. The molecule has 0 aliphatic heterocycles. The number of nitrogens with zero attached hydrogens (tertiary/aromatic N) is 4. The van der Waals surface area contributed by atoms with Gasteiger partial charge in [-0.05, 0) is 43.3 Å². The molecule has 7 nitrogen and oxygen atoms in total. The van der Waals surface area contributed by atoms with E-state index in [1.165, 1.54) is 6.20 Å². The monoisotopic (exact) mass is 307 g/mol. The van der Waals surface area contributed by atoms with Crippen molar-refractivity contribution in [3.8, 4) is 5.75 Å². The van der Waals surface area contributed by atoms with Gasteiger partial charge < -0.3 is 4.74 Å². The molecular weight excluding hydrogens is 294 g/mol. The Bertz CT molecular complexity index is 651. The fourth-order valence-corrected chi connectivity index (χ4v) is 1.57. The van der Waals surface area contributed by atoms with Gasteiger partial charge in [0.15, 0.2) is 5.60 Å². The molecule has 0 aliphatic carbocycles. The predicted octanol–water partition coefficient (Wildman–Crippen LogP) is 2.22. The van der Waals surface area contributed by atoms with Gasteiger partial charge in [0.25, 0.3) is 11.9 Å². The average Bonchev–Trinajstić information content (AvgIpc) is 2.89. The molecule has 2 aromatic rings. The van der Waals surface area contributed by atoms with Crippen LogP contribution in [0.5, 0.6) is 5.75 Å². The molecule has 0 saturated carbocycles. The first-order chi connectivity index (χ1) is 9.90. The molecule has 1 amide bonds. The molecule has 1 N–H and O–H groups in total. The Hall–Kier alpha value is -2.41. The van der Waals surface area contributed by atoms with E-state index in [0.717, 1.165) is 4.80 Å². The van der Waals surface area contributed by atoms with Crippen LogP contribution in [0.4, 0.5) is 5.95 Å². The predicted molar refractivity (Wildman–Crippen MR) is 79.0 cm³/mol. The highest BCUT2D eigenvalue weighted by atomic mass is 35.5. The molecule has 110 valence electrons. The number of tetrazole rings is 1. The van der Waals surface area contributed by atoms with Crippen LogP contribution in [0.2, 0.25) is 5.02 Å². The zero-order valence-corrected chi connectivity index (χ0v) is 12.3. The number of anilines is 1. The summed E-state index contributed by atoms with van der Waals surface area (Å²) in [6.45, 7) is 6.75. The van der Waals surface area contributed by atoms with E-state index < -0.39 is 11.5 Å². The lowest BCUT2D eigenvalue weighted by molar-refractivity contribution is -0.128. The van der Waals surface area contributed by atoms with Crippen LogP contribution in [-0.2, 0) is 4.79 Å². The van der Waals surface area contributed by atoms with Crippen LogP contribution in [0, 0.1) is 0 Å². The van der Waals surface area contributed by atoms with Gasteiger partial charge in [0.05, 0.1) is 0 Å². The molecule has 0 atom stereocenters. The van der Waals surface area contributed by atoms with Gasteiger partial charge in [0.1, 0.15) is 5.75 Å². The third kappa shape index (κ3) is 3.79. The molecule has 8 heteroatoms. The normalized spacial score (nSPS) is 11.0.